The summed E-state index contributed by atoms with van der Waals surface area (Å²) in [5.41, 5.74) is -0.206. The Balaban J connectivity index is 2.13. The number of sulfonamides is 1. The smallest absolute Gasteiger partial charge is 0.293 e. The van der Waals surface area contributed by atoms with Crippen molar-refractivity contribution in [1.82, 2.24) is 9.62 Å². The number of hydrogen-bond donors (Lipinski definition) is 2. The summed E-state index contributed by atoms with van der Waals surface area (Å²) >= 11 is 0. The standard InChI is InChI=1S/C15H24N4O6S2/c1-18(2)7-6-17-27(24,25)13-3-4-14(15(9-13)19(20)21)16-10-12-5-8-26(22,23)11-12/h3-4,9,12,16-17H,5-8,10-11H2,1-2H3. The van der Waals surface area contributed by atoms with E-state index in [4.69, 9.17) is 0 Å². The number of nitro benzene ring substituents is 1. The molecule has 0 amide bonds. The van der Waals surface area contributed by atoms with E-state index in [9.17, 15) is 26.9 Å². The average molecular weight is 421 g/mol. The number of anilines is 1. The van der Waals surface area contributed by atoms with Gasteiger partial charge in [-0.1, -0.05) is 0 Å². The van der Waals surface area contributed by atoms with Gasteiger partial charge in [0.05, 0.1) is 21.3 Å². The lowest BCUT2D eigenvalue weighted by molar-refractivity contribution is -0.384. The van der Waals surface area contributed by atoms with Crippen molar-refractivity contribution in [2.24, 2.45) is 5.92 Å². The Morgan fingerprint density at radius 3 is 2.59 bits per heavy atom. The lowest BCUT2D eigenvalue weighted by Gasteiger charge is -2.13. The number of sulfone groups is 1. The molecule has 27 heavy (non-hydrogen) atoms. The monoisotopic (exact) mass is 420 g/mol. The fourth-order valence-electron chi connectivity index (χ4n) is 2.75. The van der Waals surface area contributed by atoms with E-state index < -0.39 is 24.8 Å². The second-order valence-corrected chi connectivity index (χ2v) is 10.8. The molecule has 1 aromatic rings. The molecule has 2 rings (SSSR count). The number of hydrogen-bond acceptors (Lipinski definition) is 8. The summed E-state index contributed by atoms with van der Waals surface area (Å²) in [7, 11) is -3.29. The van der Waals surface area contributed by atoms with Crippen LogP contribution in [0.25, 0.3) is 0 Å². The fourth-order valence-corrected chi connectivity index (χ4v) is 5.66. The highest BCUT2D eigenvalue weighted by Crippen LogP contribution is 2.28. The summed E-state index contributed by atoms with van der Waals surface area (Å²) in [6, 6.07) is 3.63. The van der Waals surface area contributed by atoms with E-state index in [0.717, 1.165) is 6.07 Å². The van der Waals surface area contributed by atoms with E-state index in [-0.39, 0.29) is 46.8 Å². The SMILES string of the molecule is CN(C)CCNS(=O)(=O)c1ccc(NCC2CCS(=O)(=O)C2)c([N+](=O)[O-])c1. The van der Waals surface area contributed by atoms with Crippen LogP contribution in [0.2, 0.25) is 0 Å². The highest BCUT2D eigenvalue weighted by atomic mass is 32.2. The van der Waals surface area contributed by atoms with Gasteiger partial charge < -0.3 is 10.2 Å². The van der Waals surface area contributed by atoms with Gasteiger partial charge in [-0.05, 0) is 38.6 Å². The van der Waals surface area contributed by atoms with Gasteiger partial charge in [0, 0.05) is 25.7 Å². The van der Waals surface area contributed by atoms with Crippen molar-refractivity contribution in [3.8, 4) is 0 Å². The molecule has 1 aromatic carbocycles. The zero-order valence-electron chi connectivity index (χ0n) is 15.2. The van der Waals surface area contributed by atoms with Crippen molar-refractivity contribution >= 4 is 31.2 Å². The number of benzene rings is 1. The molecule has 1 aliphatic rings. The molecule has 1 saturated heterocycles. The number of nitrogens with one attached hydrogen (secondary N) is 2. The molecule has 1 fully saturated rings. The molecular weight excluding hydrogens is 396 g/mol. The van der Waals surface area contributed by atoms with E-state index >= 15 is 0 Å². The van der Waals surface area contributed by atoms with Crippen molar-refractivity contribution in [2.75, 3.05) is 50.6 Å². The molecule has 0 saturated carbocycles. The molecule has 0 bridgehead atoms. The summed E-state index contributed by atoms with van der Waals surface area (Å²) in [6.45, 7) is 0.942. The lowest BCUT2D eigenvalue weighted by atomic mass is 10.1. The maximum absolute atomic E-state index is 12.3. The third kappa shape index (κ3) is 6.13. The molecule has 0 aliphatic carbocycles. The number of likely N-dealkylation sites (N-methyl/N-ethyl adjacent to an activating group) is 1. The van der Waals surface area contributed by atoms with Crippen molar-refractivity contribution in [3.05, 3.63) is 28.3 Å². The Morgan fingerprint density at radius 2 is 2.04 bits per heavy atom. The number of nitro groups is 1. The van der Waals surface area contributed by atoms with Crippen LogP contribution in [-0.2, 0) is 19.9 Å². The van der Waals surface area contributed by atoms with Gasteiger partial charge in [0.15, 0.2) is 9.84 Å². The normalized spacial score (nSPS) is 19.3. The first-order chi connectivity index (χ1) is 12.5. The van der Waals surface area contributed by atoms with Crippen LogP contribution in [0.5, 0.6) is 0 Å². The zero-order chi connectivity index (χ0) is 20.2. The highest BCUT2D eigenvalue weighted by molar-refractivity contribution is 7.91. The summed E-state index contributed by atoms with van der Waals surface area (Å²) in [5, 5.41) is 14.2. The third-order valence-electron chi connectivity index (χ3n) is 4.24. The minimum atomic E-state index is -3.86. The van der Waals surface area contributed by atoms with Crippen LogP contribution < -0.4 is 10.0 Å². The van der Waals surface area contributed by atoms with Gasteiger partial charge in [-0.25, -0.2) is 21.6 Å². The molecule has 0 radical (unpaired) electrons. The van der Waals surface area contributed by atoms with Gasteiger partial charge in [0.25, 0.3) is 5.69 Å². The predicted molar refractivity (Wildman–Crippen MR) is 102 cm³/mol. The van der Waals surface area contributed by atoms with Gasteiger partial charge in [-0.3, -0.25) is 10.1 Å². The average Bonchev–Trinajstić information content (AvgIpc) is 2.91. The summed E-state index contributed by atoms with van der Waals surface area (Å²) < 4.78 is 50.0. The van der Waals surface area contributed by atoms with Crippen LogP contribution in [0.15, 0.2) is 23.1 Å². The van der Waals surface area contributed by atoms with Crippen LogP contribution >= 0.6 is 0 Å². The molecule has 1 aliphatic heterocycles. The first-order valence-corrected chi connectivity index (χ1v) is 11.7. The topological polar surface area (TPSA) is 139 Å². The van der Waals surface area contributed by atoms with E-state index in [1.54, 1.807) is 19.0 Å². The van der Waals surface area contributed by atoms with Crippen LogP contribution in [-0.4, -0.2) is 71.9 Å². The minimum absolute atomic E-state index is 0.0516. The molecule has 0 aromatic heterocycles. The van der Waals surface area contributed by atoms with E-state index in [1.165, 1.54) is 12.1 Å². The maximum Gasteiger partial charge on any atom is 0.293 e. The zero-order valence-corrected chi connectivity index (χ0v) is 16.8. The van der Waals surface area contributed by atoms with Crippen molar-refractivity contribution in [3.63, 3.8) is 0 Å². The summed E-state index contributed by atoms with van der Waals surface area (Å²) in [4.78, 5) is 12.3. The van der Waals surface area contributed by atoms with E-state index in [2.05, 4.69) is 10.0 Å². The molecule has 1 heterocycles. The van der Waals surface area contributed by atoms with Gasteiger partial charge >= 0.3 is 0 Å². The first-order valence-electron chi connectivity index (χ1n) is 8.37. The lowest BCUT2D eigenvalue weighted by Crippen LogP contribution is -2.31. The van der Waals surface area contributed by atoms with Crippen LogP contribution in [0.3, 0.4) is 0 Å². The van der Waals surface area contributed by atoms with Crippen molar-refractivity contribution in [2.45, 2.75) is 11.3 Å². The van der Waals surface area contributed by atoms with Gasteiger partial charge in [0.2, 0.25) is 10.0 Å². The second-order valence-electron chi connectivity index (χ2n) is 6.79. The summed E-state index contributed by atoms with van der Waals surface area (Å²) in [5.74, 6) is 0.0542. The van der Waals surface area contributed by atoms with Crippen LogP contribution in [0.4, 0.5) is 11.4 Å². The minimum Gasteiger partial charge on any atom is -0.379 e. The van der Waals surface area contributed by atoms with Crippen LogP contribution in [0, 0.1) is 16.0 Å². The second kappa shape index (κ2) is 8.50. The Labute approximate surface area is 159 Å². The Morgan fingerprint density at radius 1 is 1.33 bits per heavy atom. The van der Waals surface area contributed by atoms with Gasteiger partial charge in [-0.2, -0.15) is 0 Å². The third-order valence-corrected chi connectivity index (χ3v) is 7.53. The Bertz CT molecular complexity index is 899. The number of rotatable bonds is 9. The van der Waals surface area contributed by atoms with Crippen molar-refractivity contribution < 1.29 is 21.8 Å². The molecule has 12 heteroatoms. The molecule has 10 nitrogen and oxygen atoms in total. The fraction of sp³-hybridized carbons (Fsp3) is 0.600. The number of nitrogens with zero attached hydrogens (tertiary/aromatic N) is 2. The molecular formula is C15H24N4O6S2. The van der Waals surface area contributed by atoms with Gasteiger partial charge in [-0.15, -0.1) is 0 Å². The Kier molecular flexibility index (Phi) is 6.78. The molecule has 1 unspecified atom stereocenters. The molecule has 1 atom stereocenters. The largest absolute Gasteiger partial charge is 0.379 e. The molecule has 152 valence electrons. The highest BCUT2D eigenvalue weighted by Gasteiger charge is 2.28. The Hall–Kier alpha value is -1.76. The van der Waals surface area contributed by atoms with E-state index in [1.807, 2.05) is 0 Å². The molecule has 0 spiro atoms. The summed E-state index contributed by atoms with van der Waals surface area (Å²) in [6.07, 6.45) is 0.505. The van der Waals surface area contributed by atoms with Crippen LogP contribution in [0.1, 0.15) is 6.42 Å². The quantitative estimate of drug-likeness (QED) is 0.429. The van der Waals surface area contributed by atoms with Crippen molar-refractivity contribution in [1.29, 1.82) is 0 Å². The van der Waals surface area contributed by atoms with E-state index in [0.29, 0.717) is 13.0 Å². The van der Waals surface area contributed by atoms with Gasteiger partial charge in [0.1, 0.15) is 5.69 Å². The predicted octanol–water partition coefficient (Wildman–Crippen LogP) is 0.281. The molecule has 2 N–H and O–H groups in total. The maximum atomic E-state index is 12.3. The first kappa shape index (κ1) is 21.5.